The first-order valence-electron chi connectivity index (χ1n) is 6.58. The van der Waals surface area contributed by atoms with Gasteiger partial charge in [-0.25, -0.2) is 18.2 Å². The Bertz CT molecular complexity index is 861. The number of hydrogen-bond donors (Lipinski definition) is 2. The van der Waals surface area contributed by atoms with E-state index in [0.29, 0.717) is 0 Å². The zero-order valence-electron chi connectivity index (χ0n) is 12.3. The Labute approximate surface area is 132 Å². The molecule has 2 aromatic rings. The number of nitrogens with one attached hydrogen (secondary N) is 1. The van der Waals surface area contributed by atoms with Gasteiger partial charge in [0.1, 0.15) is 5.82 Å². The second-order valence-electron chi connectivity index (χ2n) is 4.90. The highest BCUT2D eigenvalue weighted by Gasteiger charge is 2.19. The van der Waals surface area contributed by atoms with E-state index in [9.17, 15) is 18.0 Å². The zero-order chi connectivity index (χ0) is 17.0. The summed E-state index contributed by atoms with van der Waals surface area (Å²) in [6.45, 7) is -0.148. The van der Waals surface area contributed by atoms with Crippen LogP contribution in [0.5, 0.6) is 0 Å². The number of H-pyrrole nitrogens is 1. The van der Waals surface area contributed by atoms with Crippen molar-refractivity contribution in [2.24, 2.45) is 0 Å². The molecule has 0 saturated heterocycles. The van der Waals surface area contributed by atoms with Crippen molar-refractivity contribution >= 4 is 16.0 Å². The lowest BCUT2D eigenvalue weighted by Gasteiger charge is -2.19. The van der Waals surface area contributed by atoms with Crippen molar-refractivity contribution in [1.82, 2.24) is 14.3 Å². The molecule has 23 heavy (non-hydrogen) atoms. The van der Waals surface area contributed by atoms with Crippen LogP contribution in [0.4, 0.5) is 0 Å². The first kappa shape index (κ1) is 16.8. The van der Waals surface area contributed by atoms with Gasteiger partial charge in [0, 0.05) is 12.6 Å². The fraction of sp³-hybridized carbons (Fsp3) is 0.214. The van der Waals surface area contributed by atoms with Gasteiger partial charge in [0.2, 0.25) is 10.0 Å². The quantitative estimate of drug-likeness (QED) is 0.788. The highest BCUT2D eigenvalue weighted by atomic mass is 32.2. The van der Waals surface area contributed by atoms with Gasteiger partial charge < -0.3 is 10.1 Å². The zero-order valence-corrected chi connectivity index (χ0v) is 13.1. The summed E-state index contributed by atoms with van der Waals surface area (Å²) in [6, 6.07) is 9.74. The lowest BCUT2D eigenvalue weighted by molar-refractivity contribution is 0.0689. The number of aromatic nitrogens is 2. The first-order chi connectivity index (χ1) is 10.8. The van der Waals surface area contributed by atoms with Crippen LogP contribution in [0.2, 0.25) is 0 Å². The van der Waals surface area contributed by atoms with Crippen LogP contribution in [0, 0.1) is 0 Å². The number of rotatable bonds is 6. The molecule has 0 spiro atoms. The van der Waals surface area contributed by atoms with E-state index in [0.717, 1.165) is 22.2 Å². The minimum atomic E-state index is -3.58. The van der Waals surface area contributed by atoms with Crippen LogP contribution in [-0.2, 0) is 23.1 Å². The van der Waals surface area contributed by atoms with Crippen LogP contribution in [0.25, 0.3) is 0 Å². The fourth-order valence-electron chi connectivity index (χ4n) is 1.94. The van der Waals surface area contributed by atoms with Gasteiger partial charge in [-0.3, -0.25) is 4.79 Å². The highest BCUT2D eigenvalue weighted by molar-refractivity contribution is 7.88. The Morgan fingerprint density at radius 3 is 2.48 bits per heavy atom. The molecule has 0 bridgehead atoms. The predicted molar refractivity (Wildman–Crippen MR) is 82.3 cm³/mol. The molecule has 0 aliphatic carbocycles. The summed E-state index contributed by atoms with van der Waals surface area (Å²) < 4.78 is 25.0. The number of benzene rings is 1. The first-order valence-corrected chi connectivity index (χ1v) is 8.43. The molecule has 122 valence electrons. The lowest BCUT2D eigenvalue weighted by atomic mass is 10.2. The van der Waals surface area contributed by atoms with Gasteiger partial charge >= 0.3 is 5.97 Å². The highest BCUT2D eigenvalue weighted by Crippen LogP contribution is 2.11. The van der Waals surface area contributed by atoms with Crippen LogP contribution in [0.15, 0.2) is 41.2 Å². The third-order valence-electron chi connectivity index (χ3n) is 3.01. The Morgan fingerprint density at radius 1 is 1.26 bits per heavy atom. The van der Waals surface area contributed by atoms with Crippen LogP contribution < -0.4 is 5.56 Å². The third-order valence-corrected chi connectivity index (χ3v) is 4.20. The summed E-state index contributed by atoms with van der Waals surface area (Å²) in [6.07, 6.45) is 1.04. The topological polar surface area (TPSA) is 120 Å². The Morgan fingerprint density at radius 2 is 1.91 bits per heavy atom. The summed E-state index contributed by atoms with van der Waals surface area (Å²) in [7, 11) is -3.58. The summed E-state index contributed by atoms with van der Waals surface area (Å²) in [5.74, 6) is -1.39. The van der Waals surface area contributed by atoms with Crippen molar-refractivity contribution in [3.63, 3.8) is 0 Å². The maximum atomic E-state index is 11.9. The molecule has 8 nitrogen and oxygen atoms in total. The number of hydrogen-bond acceptors (Lipinski definition) is 5. The normalized spacial score (nSPS) is 11.6. The second kappa shape index (κ2) is 6.71. The van der Waals surface area contributed by atoms with Gasteiger partial charge in [0.15, 0.2) is 5.69 Å². The monoisotopic (exact) mass is 337 g/mol. The summed E-state index contributed by atoms with van der Waals surface area (Å²) in [5, 5.41) is 8.92. The Balaban J connectivity index is 2.32. The van der Waals surface area contributed by atoms with E-state index in [2.05, 4.69) is 9.97 Å². The van der Waals surface area contributed by atoms with E-state index in [1.54, 1.807) is 24.3 Å². The van der Waals surface area contributed by atoms with E-state index in [-0.39, 0.29) is 18.9 Å². The smallest absolute Gasteiger partial charge is 0.354 e. The maximum absolute atomic E-state index is 11.9. The van der Waals surface area contributed by atoms with Gasteiger partial charge in [0.05, 0.1) is 12.8 Å². The molecular formula is C14H15N3O5S. The van der Waals surface area contributed by atoms with Crippen molar-refractivity contribution in [3.05, 3.63) is 63.8 Å². The third kappa shape index (κ3) is 4.73. The van der Waals surface area contributed by atoms with Crippen LogP contribution in [-0.4, -0.2) is 40.0 Å². The molecule has 0 unspecified atom stereocenters. The molecule has 2 rings (SSSR count). The molecular weight excluding hydrogens is 322 g/mol. The van der Waals surface area contributed by atoms with Gasteiger partial charge in [0.25, 0.3) is 5.56 Å². The lowest BCUT2D eigenvalue weighted by Crippen LogP contribution is -2.31. The predicted octanol–water partition coefficient (Wildman–Crippen LogP) is 0.430. The number of sulfonamides is 1. The molecule has 0 aliphatic heterocycles. The summed E-state index contributed by atoms with van der Waals surface area (Å²) in [4.78, 5) is 28.5. The molecule has 9 heteroatoms. The largest absolute Gasteiger partial charge is 0.477 e. The molecule has 0 saturated carbocycles. The molecule has 0 atom stereocenters. The van der Waals surface area contributed by atoms with Gasteiger partial charge in [-0.05, 0) is 5.56 Å². The molecule has 1 heterocycles. The van der Waals surface area contributed by atoms with Gasteiger partial charge in [-0.15, -0.1) is 0 Å². The van der Waals surface area contributed by atoms with Crippen molar-refractivity contribution in [2.45, 2.75) is 13.1 Å². The molecule has 0 amide bonds. The van der Waals surface area contributed by atoms with Crippen molar-refractivity contribution < 1.29 is 18.3 Å². The standard InChI is InChI=1S/C14H15N3O5S/c1-23(21,22)17(8-10-5-3-2-4-6-10)9-12-15-11(14(19)20)7-13(18)16-12/h2-7H,8-9H2,1H3,(H,19,20)(H,15,16,18). The fourth-order valence-corrected chi connectivity index (χ4v) is 2.68. The Kier molecular flexibility index (Phi) is 4.92. The molecule has 1 aromatic carbocycles. The molecule has 0 aliphatic rings. The molecule has 2 N–H and O–H groups in total. The number of carboxylic acid groups (broad SMARTS) is 1. The number of aromatic carboxylic acids is 1. The van der Waals surface area contributed by atoms with Gasteiger partial charge in [-0.1, -0.05) is 30.3 Å². The number of aromatic amines is 1. The van der Waals surface area contributed by atoms with Crippen LogP contribution in [0.1, 0.15) is 21.9 Å². The number of carbonyl (C=O) groups is 1. The summed E-state index contributed by atoms with van der Waals surface area (Å²) >= 11 is 0. The SMILES string of the molecule is CS(=O)(=O)N(Cc1ccccc1)Cc1nc(C(=O)O)cc(=O)[nH]1. The van der Waals surface area contributed by atoms with E-state index in [4.69, 9.17) is 5.11 Å². The molecule has 0 fully saturated rings. The average molecular weight is 337 g/mol. The van der Waals surface area contributed by atoms with Crippen molar-refractivity contribution in [1.29, 1.82) is 0 Å². The minimum absolute atomic E-state index is 0.0312. The number of nitrogens with zero attached hydrogens (tertiary/aromatic N) is 2. The van der Waals surface area contributed by atoms with E-state index in [1.807, 2.05) is 6.07 Å². The minimum Gasteiger partial charge on any atom is -0.477 e. The van der Waals surface area contributed by atoms with E-state index >= 15 is 0 Å². The van der Waals surface area contributed by atoms with Crippen LogP contribution >= 0.6 is 0 Å². The van der Waals surface area contributed by atoms with Crippen LogP contribution in [0.3, 0.4) is 0 Å². The van der Waals surface area contributed by atoms with E-state index in [1.165, 1.54) is 0 Å². The van der Waals surface area contributed by atoms with Crippen molar-refractivity contribution in [3.8, 4) is 0 Å². The Hall–Kier alpha value is -2.52. The van der Waals surface area contributed by atoms with Crippen molar-refractivity contribution in [2.75, 3.05) is 6.26 Å². The number of carboxylic acids is 1. The van der Waals surface area contributed by atoms with E-state index < -0.39 is 27.2 Å². The average Bonchev–Trinajstić information content (AvgIpc) is 2.46. The molecule has 1 aromatic heterocycles. The second-order valence-corrected chi connectivity index (χ2v) is 6.88. The maximum Gasteiger partial charge on any atom is 0.354 e. The molecule has 0 radical (unpaired) electrons. The summed E-state index contributed by atoms with van der Waals surface area (Å²) in [5.41, 5.74) is -0.327. The van der Waals surface area contributed by atoms with Gasteiger partial charge in [-0.2, -0.15) is 4.31 Å².